The van der Waals surface area contributed by atoms with Crippen molar-refractivity contribution in [1.29, 1.82) is 0 Å². The highest BCUT2D eigenvalue weighted by molar-refractivity contribution is 4.97. The largest absolute Gasteiger partial charge is 0.329 e. The molecule has 18 heavy (non-hydrogen) atoms. The van der Waals surface area contributed by atoms with Crippen LogP contribution in [0, 0.1) is 11.3 Å². The van der Waals surface area contributed by atoms with Crippen LogP contribution in [0.25, 0.3) is 0 Å². The first-order valence-electron chi connectivity index (χ1n) is 7.89. The highest BCUT2D eigenvalue weighted by Gasteiger charge is 2.40. The van der Waals surface area contributed by atoms with Crippen LogP contribution in [0.3, 0.4) is 0 Å². The first-order valence-corrected chi connectivity index (χ1v) is 7.89. The topological polar surface area (TPSA) is 29.3 Å². The van der Waals surface area contributed by atoms with E-state index in [4.69, 9.17) is 5.73 Å². The lowest BCUT2D eigenvalue weighted by Gasteiger charge is -2.49. The molecule has 2 aliphatic carbocycles. The average molecular weight is 252 g/mol. The van der Waals surface area contributed by atoms with Crippen LogP contribution < -0.4 is 5.73 Å². The Labute approximate surface area is 113 Å². The van der Waals surface area contributed by atoms with Crippen LogP contribution >= 0.6 is 0 Å². The summed E-state index contributed by atoms with van der Waals surface area (Å²) in [5.41, 5.74) is 7.00. The van der Waals surface area contributed by atoms with Crippen LogP contribution in [0.2, 0.25) is 0 Å². The third-order valence-electron chi connectivity index (χ3n) is 5.73. The molecule has 0 heterocycles. The molecule has 2 fully saturated rings. The molecule has 2 aliphatic rings. The van der Waals surface area contributed by atoms with Gasteiger partial charge < -0.3 is 5.73 Å². The number of hydrogen-bond donors (Lipinski definition) is 1. The molecule has 2 nitrogen and oxygen atoms in total. The van der Waals surface area contributed by atoms with Gasteiger partial charge in [-0.05, 0) is 56.9 Å². The molecule has 0 saturated heterocycles. The van der Waals surface area contributed by atoms with E-state index in [1.54, 1.807) is 0 Å². The van der Waals surface area contributed by atoms with Crippen molar-refractivity contribution in [1.82, 2.24) is 4.90 Å². The van der Waals surface area contributed by atoms with Crippen molar-refractivity contribution in [2.75, 3.05) is 20.1 Å². The van der Waals surface area contributed by atoms with Crippen LogP contribution in [0.1, 0.15) is 65.2 Å². The second kappa shape index (κ2) is 5.50. The molecule has 2 rings (SSSR count). The summed E-state index contributed by atoms with van der Waals surface area (Å²) in [5, 5.41) is 0. The summed E-state index contributed by atoms with van der Waals surface area (Å²) in [4.78, 5) is 2.62. The molecule has 0 bridgehead atoms. The predicted molar refractivity (Wildman–Crippen MR) is 78.6 cm³/mol. The molecule has 106 valence electrons. The molecule has 0 aromatic heterocycles. The summed E-state index contributed by atoms with van der Waals surface area (Å²) >= 11 is 0. The van der Waals surface area contributed by atoms with Gasteiger partial charge in [0.1, 0.15) is 0 Å². The van der Waals surface area contributed by atoms with Crippen molar-refractivity contribution in [3.8, 4) is 0 Å². The zero-order valence-electron chi connectivity index (χ0n) is 12.7. The van der Waals surface area contributed by atoms with E-state index < -0.39 is 0 Å². The first-order chi connectivity index (χ1) is 8.47. The lowest BCUT2D eigenvalue weighted by atomic mass is 9.68. The number of likely N-dealkylation sites (N-methyl/N-ethyl adjacent to an activating group) is 1. The predicted octanol–water partition coefficient (Wildman–Crippen LogP) is 3.41. The summed E-state index contributed by atoms with van der Waals surface area (Å²) < 4.78 is 0. The molecule has 2 saturated carbocycles. The number of nitrogens with zero attached hydrogens (tertiary/aromatic N) is 1. The third-order valence-corrected chi connectivity index (χ3v) is 5.73. The fourth-order valence-electron chi connectivity index (χ4n) is 3.91. The van der Waals surface area contributed by atoms with E-state index in [9.17, 15) is 0 Å². The van der Waals surface area contributed by atoms with Gasteiger partial charge in [0.2, 0.25) is 0 Å². The lowest BCUT2D eigenvalue weighted by Crippen LogP contribution is -2.56. The SMILES string of the molecule is CN(CC1CCCC1)C1(CN)CCC(C)(C)CC1. The normalized spacial score (nSPS) is 27.8. The Morgan fingerprint density at radius 3 is 2.11 bits per heavy atom. The molecule has 0 atom stereocenters. The van der Waals surface area contributed by atoms with Gasteiger partial charge in [0.05, 0.1) is 0 Å². The third kappa shape index (κ3) is 3.08. The summed E-state index contributed by atoms with van der Waals surface area (Å²) in [6.45, 7) is 6.93. The smallest absolute Gasteiger partial charge is 0.0329 e. The van der Waals surface area contributed by atoms with Gasteiger partial charge in [-0.3, -0.25) is 4.90 Å². The highest BCUT2D eigenvalue weighted by Crippen LogP contribution is 2.42. The fourth-order valence-corrected chi connectivity index (χ4v) is 3.91. The molecule has 0 amide bonds. The molecule has 0 radical (unpaired) electrons. The minimum Gasteiger partial charge on any atom is -0.329 e. The van der Waals surface area contributed by atoms with E-state index in [0.29, 0.717) is 11.0 Å². The molecular formula is C16H32N2. The first kappa shape index (κ1) is 14.3. The molecule has 0 aromatic carbocycles. The highest BCUT2D eigenvalue weighted by atomic mass is 15.2. The second-order valence-corrected chi connectivity index (χ2v) is 7.62. The Morgan fingerprint density at radius 1 is 1.06 bits per heavy atom. The Bertz CT molecular complexity index is 256. The Hall–Kier alpha value is -0.0800. The Kier molecular flexibility index (Phi) is 4.38. The standard InChI is InChI=1S/C16H32N2/c1-15(2)8-10-16(13-17,11-9-15)18(3)12-14-6-4-5-7-14/h14H,4-13,17H2,1-3H3. The van der Waals surface area contributed by atoms with Crippen molar-refractivity contribution in [3.63, 3.8) is 0 Å². The zero-order valence-corrected chi connectivity index (χ0v) is 12.7. The van der Waals surface area contributed by atoms with Crippen LogP contribution in [0.4, 0.5) is 0 Å². The summed E-state index contributed by atoms with van der Waals surface area (Å²) in [6, 6.07) is 0. The van der Waals surface area contributed by atoms with Gasteiger partial charge in [-0.1, -0.05) is 26.7 Å². The van der Waals surface area contributed by atoms with E-state index >= 15 is 0 Å². The van der Waals surface area contributed by atoms with E-state index in [-0.39, 0.29) is 0 Å². The summed E-state index contributed by atoms with van der Waals surface area (Å²) in [7, 11) is 2.32. The van der Waals surface area contributed by atoms with Crippen LogP contribution in [-0.2, 0) is 0 Å². The van der Waals surface area contributed by atoms with E-state index in [2.05, 4.69) is 25.8 Å². The zero-order chi connectivity index (χ0) is 13.2. The van der Waals surface area contributed by atoms with Gasteiger partial charge in [0, 0.05) is 18.6 Å². The molecule has 0 spiro atoms. The molecule has 2 N–H and O–H groups in total. The van der Waals surface area contributed by atoms with Crippen molar-refractivity contribution in [3.05, 3.63) is 0 Å². The monoisotopic (exact) mass is 252 g/mol. The van der Waals surface area contributed by atoms with Gasteiger partial charge in [-0.2, -0.15) is 0 Å². The molecule has 0 aromatic rings. The number of nitrogens with two attached hydrogens (primary N) is 1. The Morgan fingerprint density at radius 2 is 1.61 bits per heavy atom. The van der Waals surface area contributed by atoms with E-state index in [1.807, 2.05) is 0 Å². The lowest BCUT2D eigenvalue weighted by molar-refractivity contribution is 0.0320. The molecule has 2 heteroatoms. The van der Waals surface area contributed by atoms with Crippen molar-refractivity contribution in [2.24, 2.45) is 17.1 Å². The maximum Gasteiger partial charge on any atom is 0.0329 e. The van der Waals surface area contributed by atoms with E-state index in [0.717, 1.165) is 12.5 Å². The summed E-state index contributed by atoms with van der Waals surface area (Å²) in [5.74, 6) is 0.938. The number of hydrogen-bond acceptors (Lipinski definition) is 2. The van der Waals surface area contributed by atoms with Gasteiger partial charge in [-0.15, -0.1) is 0 Å². The van der Waals surface area contributed by atoms with Gasteiger partial charge in [0.15, 0.2) is 0 Å². The minimum absolute atomic E-state index is 0.304. The summed E-state index contributed by atoms with van der Waals surface area (Å²) in [6.07, 6.45) is 11.0. The van der Waals surface area contributed by atoms with Gasteiger partial charge in [-0.25, -0.2) is 0 Å². The second-order valence-electron chi connectivity index (χ2n) is 7.62. The van der Waals surface area contributed by atoms with Gasteiger partial charge >= 0.3 is 0 Å². The maximum absolute atomic E-state index is 6.16. The molecule has 0 aliphatic heterocycles. The molecule has 0 unspecified atom stereocenters. The van der Waals surface area contributed by atoms with Crippen LogP contribution in [0.15, 0.2) is 0 Å². The Balaban J connectivity index is 1.94. The quantitative estimate of drug-likeness (QED) is 0.831. The average Bonchev–Trinajstić information content (AvgIpc) is 2.82. The van der Waals surface area contributed by atoms with Crippen molar-refractivity contribution < 1.29 is 0 Å². The van der Waals surface area contributed by atoms with Gasteiger partial charge in [0.25, 0.3) is 0 Å². The minimum atomic E-state index is 0.304. The molecular weight excluding hydrogens is 220 g/mol. The maximum atomic E-state index is 6.16. The number of rotatable bonds is 4. The van der Waals surface area contributed by atoms with Crippen molar-refractivity contribution >= 4 is 0 Å². The van der Waals surface area contributed by atoms with E-state index in [1.165, 1.54) is 57.9 Å². The van der Waals surface area contributed by atoms with Crippen LogP contribution in [-0.4, -0.2) is 30.6 Å². The fraction of sp³-hybridized carbons (Fsp3) is 1.00. The van der Waals surface area contributed by atoms with Crippen LogP contribution in [0.5, 0.6) is 0 Å². The van der Waals surface area contributed by atoms with Crippen molar-refractivity contribution in [2.45, 2.75) is 70.8 Å².